The van der Waals surface area contributed by atoms with Crippen LogP contribution >= 0.6 is 11.6 Å². The lowest BCUT2D eigenvalue weighted by Gasteiger charge is -2.28. The molecule has 3 aromatic rings. The van der Waals surface area contributed by atoms with Crippen molar-refractivity contribution < 1.29 is 18.6 Å². The van der Waals surface area contributed by atoms with E-state index in [1.165, 1.54) is 14.2 Å². The highest BCUT2D eigenvalue weighted by Gasteiger charge is 2.21. The summed E-state index contributed by atoms with van der Waals surface area (Å²) < 4.78 is 30.1. The fourth-order valence-electron chi connectivity index (χ4n) is 3.86. The third kappa shape index (κ3) is 4.42. The quantitative estimate of drug-likeness (QED) is 0.570. The molecule has 8 nitrogen and oxygen atoms in total. The van der Waals surface area contributed by atoms with Crippen molar-refractivity contribution in [2.24, 2.45) is 0 Å². The maximum atomic E-state index is 13.6. The Morgan fingerprint density at radius 1 is 1.28 bits per heavy atom. The van der Waals surface area contributed by atoms with Crippen LogP contribution in [0.2, 0.25) is 5.02 Å². The first-order chi connectivity index (χ1) is 15.5. The van der Waals surface area contributed by atoms with Crippen LogP contribution in [0, 0.1) is 11.3 Å². The molecule has 1 aliphatic rings. The molecule has 0 spiro atoms. The Balaban J connectivity index is 1.68. The predicted molar refractivity (Wildman–Crippen MR) is 118 cm³/mol. The van der Waals surface area contributed by atoms with E-state index in [9.17, 15) is 9.65 Å². The van der Waals surface area contributed by atoms with Gasteiger partial charge in [0.1, 0.15) is 24.5 Å². The van der Waals surface area contributed by atoms with Crippen LogP contribution in [-0.4, -0.2) is 66.5 Å². The third-order valence-electron chi connectivity index (χ3n) is 5.45. The molecule has 0 radical (unpaired) electrons. The van der Waals surface area contributed by atoms with Gasteiger partial charge in [0.25, 0.3) is 0 Å². The number of H-pyrrole nitrogens is 1. The SMILES string of the molecule is COc1cc(Cl)c(-c2nc(OCCN3CCCC(F)C3)nc3[nH]cc(C#N)c23)cc1OC. The van der Waals surface area contributed by atoms with Crippen molar-refractivity contribution in [3.05, 3.63) is 28.9 Å². The van der Waals surface area contributed by atoms with Crippen molar-refractivity contribution >= 4 is 22.6 Å². The number of piperidine rings is 1. The number of methoxy groups -OCH3 is 2. The van der Waals surface area contributed by atoms with Gasteiger partial charge in [-0.1, -0.05) is 11.6 Å². The first-order valence-corrected chi connectivity index (χ1v) is 10.6. The topological polar surface area (TPSA) is 96.3 Å². The van der Waals surface area contributed by atoms with Gasteiger partial charge in [0.05, 0.1) is 35.9 Å². The number of alkyl halides is 1. The van der Waals surface area contributed by atoms with Crippen molar-refractivity contribution in [1.82, 2.24) is 19.9 Å². The molecule has 4 rings (SSSR count). The average molecular weight is 460 g/mol. The van der Waals surface area contributed by atoms with E-state index in [-0.39, 0.29) is 6.01 Å². The number of fused-ring (bicyclic) bond motifs is 1. The second-order valence-electron chi connectivity index (χ2n) is 7.47. The zero-order chi connectivity index (χ0) is 22.7. The molecule has 0 aliphatic carbocycles. The Morgan fingerprint density at radius 2 is 2.06 bits per heavy atom. The number of hydrogen-bond acceptors (Lipinski definition) is 7. The minimum atomic E-state index is -0.793. The van der Waals surface area contributed by atoms with Gasteiger partial charge in [0.15, 0.2) is 11.5 Å². The second kappa shape index (κ2) is 9.59. The molecule has 3 heterocycles. The standard InChI is InChI=1S/C22H23ClFN5O3/c1-30-17-8-15(16(23)9-18(17)31-2)20-19-13(10-25)11-26-21(19)28-22(27-20)32-7-6-29-5-3-4-14(24)12-29/h8-9,11,14H,3-7,12H2,1-2H3,(H,26,27,28). The van der Waals surface area contributed by atoms with E-state index >= 15 is 0 Å². The number of likely N-dealkylation sites (tertiary alicyclic amines) is 1. The Kier molecular flexibility index (Phi) is 6.63. The van der Waals surface area contributed by atoms with Gasteiger partial charge in [-0.25, -0.2) is 4.39 Å². The minimum Gasteiger partial charge on any atom is -0.493 e. The fraction of sp³-hybridized carbons (Fsp3) is 0.409. The first kappa shape index (κ1) is 22.1. The highest BCUT2D eigenvalue weighted by atomic mass is 35.5. The lowest BCUT2D eigenvalue weighted by atomic mass is 10.1. The summed E-state index contributed by atoms with van der Waals surface area (Å²) >= 11 is 6.53. The summed E-state index contributed by atoms with van der Waals surface area (Å²) in [5.41, 5.74) is 1.83. The van der Waals surface area contributed by atoms with Crippen LogP contribution in [-0.2, 0) is 0 Å². The van der Waals surface area contributed by atoms with Crippen LogP contribution in [0.4, 0.5) is 4.39 Å². The number of rotatable bonds is 7. The van der Waals surface area contributed by atoms with Gasteiger partial charge in [-0.05, 0) is 25.5 Å². The molecule has 1 atom stereocenters. The number of aromatic nitrogens is 3. The molecule has 1 fully saturated rings. The molecule has 1 unspecified atom stereocenters. The van der Waals surface area contributed by atoms with Crippen LogP contribution in [0.1, 0.15) is 18.4 Å². The summed E-state index contributed by atoms with van der Waals surface area (Å²) in [7, 11) is 3.05. The number of aromatic amines is 1. The molecule has 1 saturated heterocycles. The Hall–Kier alpha value is -3.09. The molecule has 0 saturated carbocycles. The van der Waals surface area contributed by atoms with Crippen molar-refractivity contribution in [3.8, 4) is 34.8 Å². The van der Waals surface area contributed by atoms with E-state index in [2.05, 4.69) is 21.0 Å². The van der Waals surface area contributed by atoms with E-state index in [1.807, 2.05) is 4.90 Å². The second-order valence-corrected chi connectivity index (χ2v) is 7.88. The number of nitrogens with one attached hydrogen (secondary N) is 1. The summed E-state index contributed by atoms with van der Waals surface area (Å²) in [6, 6.07) is 5.62. The van der Waals surface area contributed by atoms with Crippen LogP contribution < -0.4 is 14.2 Å². The van der Waals surface area contributed by atoms with Crippen LogP contribution in [0.25, 0.3) is 22.3 Å². The summed E-state index contributed by atoms with van der Waals surface area (Å²) in [6.45, 7) is 2.14. The largest absolute Gasteiger partial charge is 0.493 e. The van der Waals surface area contributed by atoms with Gasteiger partial charge in [-0.3, -0.25) is 4.90 Å². The van der Waals surface area contributed by atoms with E-state index in [0.717, 1.165) is 13.0 Å². The number of nitrogens with zero attached hydrogens (tertiary/aromatic N) is 4. The molecule has 1 aliphatic heterocycles. The summed E-state index contributed by atoms with van der Waals surface area (Å²) in [5, 5.41) is 10.5. The average Bonchev–Trinajstić information content (AvgIpc) is 3.21. The summed E-state index contributed by atoms with van der Waals surface area (Å²) in [6.07, 6.45) is 2.22. The molecule has 2 aromatic heterocycles. The van der Waals surface area contributed by atoms with Gasteiger partial charge in [0.2, 0.25) is 0 Å². The highest BCUT2D eigenvalue weighted by molar-refractivity contribution is 6.34. The number of nitriles is 1. The lowest BCUT2D eigenvalue weighted by Crippen LogP contribution is -2.38. The first-order valence-electron chi connectivity index (χ1n) is 10.2. The van der Waals surface area contributed by atoms with Gasteiger partial charge < -0.3 is 19.2 Å². The van der Waals surface area contributed by atoms with E-state index < -0.39 is 6.17 Å². The molecule has 10 heteroatoms. The van der Waals surface area contributed by atoms with Crippen molar-refractivity contribution in [2.75, 3.05) is 40.5 Å². The monoisotopic (exact) mass is 459 g/mol. The van der Waals surface area contributed by atoms with E-state index in [1.54, 1.807) is 18.3 Å². The number of benzene rings is 1. The number of halogens is 2. The minimum absolute atomic E-state index is 0.137. The molecule has 0 bridgehead atoms. The third-order valence-corrected chi connectivity index (χ3v) is 5.76. The maximum absolute atomic E-state index is 13.6. The van der Waals surface area contributed by atoms with Crippen LogP contribution in [0.3, 0.4) is 0 Å². The van der Waals surface area contributed by atoms with Gasteiger partial charge in [-0.2, -0.15) is 15.2 Å². The number of hydrogen-bond donors (Lipinski definition) is 1. The molecule has 32 heavy (non-hydrogen) atoms. The van der Waals surface area contributed by atoms with Crippen molar-refractivity contribution in [1.29, 1.82) is 5.26 Å². The molecular weight excluding hydrogens is 437 g/mol. The zero-order valence-electron chi connectivity index (χ0n) is 17.8. The van der Waals surface area contributed by atoms with Crippen LogP contribution in [0.5, 0.6) is 17.5 Å². The Labute approximate surface area is 189 Å². The van der Waals surface area contributed by atoms with Crippen LogP contribution in [0.15, 0.2) is 18.3 Å². The van der Waals surface area contributed by atoms with Gasteiger partial charge in [0, 0.05) is 30.9 Å². The molecule has 168 valence electrons. The summed E-state index contributed by atoms with van der Waals surface area (Å²) in [5.74, 6) is 0.950. The van der Waals surface area contributed by atoms with Gasteiger partial charge >= 0.3 is 6.01 Å². The Bertz CT molecular complexity index is 1160. The maximum Gasteiger partial charge on any atom is 0.319 e. The van der Waals surface area contributed by atoms with E-state index in [4.69, 9.17) is 25.8 Å². The zero-order valence-corrected chi connectivity index (χ0v) is 18.6. The molecular formula is C22H23ClFN5O3. The molecule has 1 N–H and O–H groups in total. The highest BCUT2D eigenvalue weighted by Crippen LogP contribution is 2.40. The summed E-state index contributed by atoms with van der Waals surface area (Å²) in [4.78, 5) is 14.0. The van der Waals surface area contributed by atoms with Gasteiger partial charge in [-0.15, -0.1) is 0 Å². The fourth-order valence-corrected chi connectivity index (χ4v) is 4.11. The Morgan fingerprint density at radius 3 is 2.78 bits per heavy atom. The smallest absolute Gasteiger partial charge is 0.319 e. The van der Waals surface area contributed by atoms with E-state index in [0.29, 0.717) is 70.5 Å². The lowest BCUT2D eigenvalue weighted by molar-refractivity contribution is 0.119. The van der Waals surface area contributed by atoms with Crippen molar-refractivity contribution in [3.63, 3.8) is 0 Å². The predicted octanol–water partition coefficient (Wildman–Crippen LogP) is 3.98. The van der Waals surface area contributed by atoms with Crippen molar-refractivity contribution in [2.45, 2.75) is 19.0 Å². The molecule has 1 aromatic carbocycles. The number of ether oxygens (including phenoxy) is 3. The molecule has 0 amide bonds. The normalized spacial score (nSPS) is 16.7.